The van der Waals surface area contributed by atoms with Crippen molar-refractivity contribution in [2.75, 3.05) is 12.9 Å². The van der Waals surface area contributed by atoms with Crippen molar-refractivity contribution in [3.63, 3.8) is 0 Å². The van der Waals surface area contributed by atoms with Crippen LogP contribution >= 0.6 is 11.8 Å². The van der Waals surface area contributed by atoms with Crippen LogP contribution in [0.1, 0.15) is 19.4 Å². The van der Waals surface area contributed by atoms with E-state index in [1.54, 1.807) is 18.7 Å². The highest BCUT2D eigenvalue weighted by molar-refractivity contribution is 7.99. The highest BCUT2D eigenvalue weighted by Gasteiger charge is 2.14. The number of aliphatic hydroxyl groups excluding tert-OH is 1. The first kappa shape index (κ1) is 16.8. The van der Waals surface area contributed by atoms with Gasteiger partial charge in [-0.15, -0.1) is 0 Å². The first-order chi connectivity index (χ1) is 9.60. The van der Waals surface area contributed by atoms with Crippen LogP contribution in [0.4, 0.5) is 0 Å². The van der Waals surface area contributed by atoms with Gasteiger partial charge in [0.15, 0.2) is 6.10 Å². The van der Waals surface area contributed by atoms with Crippen LogP contribution in [-0.2, 0) is 6.54 Å². The zero-order valence-electron chi connectivity index (χ0n) is 12.2. The second kappa shape index (κ2) is 8.85. The summed E-state index contributed by atoms with van der Waals surface area (Å²) in [5.74, 6) is 0.702. The maximum Gasteiger partial charge on any atom is 0.181 e. The second-order valence-corrected chi connectivity index (χ2v) is 5.74. The Kier molecular flexibility index (Phi) is 7.45. The number of rotatable bonds is 8. The smallest absolute Gasteiger partial charge is 0.181 e. The molecular weight excluding hydrogens is 272 g/mol. The third-order valence-electron chi connectivity index (χ3n) is 3.09. The van der Waals surface area contributed by atoms with E-state index in [0.29, 0.717) is 5.75 Å². The number of hydrogen-bond donors (Lipinski definition) is 2. The summed E-state index contributed by atoms with van der Waals surface area (Å²) < 4.78 is 5.40. The van der Waals surface area contributed by atoms with Crippen LogP contribution in [0.15, 0.2) is 24.3 Å². The van der Waals surface area contributed by atoms with Crippen LogP contribution in [0.25, 0.3) is 0 Å². The molecule has 110 valence electrons. The number of aliphatic hydroxyl groups is 1. The van der Waals surface area contributed by atoms with E-state index >= 15 is 0 Å². The van der Waals surface area contributed by atoms with Gasteiger partial charge in [0.25, 0.3) is 0 Å². The number of benzene rings is 1. The Bertz CT molecular complexity index is 426. The molecule has 0 fully saturated rings. The quantitative estimate of drug-likeness (QED) is 0.769. The fourth-order valence-corrected chi connectivity index (χ4v) is 2.42. The van der Waals surface area contributed by atoms with Crippen molar-refractivity contribution in [1.29, 1.82) is 5.26 Å². The van der Waals surface area contributed by atoms with Gasteiger partial charge in [-0.05, 0) is 37.8 Å². The van der Waals surface area contributed by atoms with Gasteiger partial charge in [-0.1, -0.05) is 12.1 Å². The number of nitrogens with one attached hydrogen (secondary N) is 1. The van der Waals surface area contributed by atoms with Gasteiger partial charge >= 0.3 is 0 Å². The Balaban J connectivity index is 2.48. The van der Waals surface area contributed by atoms with E-state index in [4.69, 9.17) is 10.00 Å². The van der Waals surface area contributed by atoms with E-state index in [-0.39, 0.29) is 17.9 Å². The SMILES string of the molecule is CSC(CO)C(C)NCc1ccc(OC(C)C#N)cc1. The van der Waals surface area contributed by atoms with Crippen molar-refractivity contribution in [2.45, 2.75) is 37.8 Å². The lowest BCUT2D eigenvalue weighted by atomic mass is 10.2. The van der Waals surface area contributed by atoms with Gasteiger partial charge in [-0.2, -0.15) is 17.0 Å². The van der Waals surface area contributed by atoms with E-state index in [1.165, 1.54) is 0 Å². The molecule has 5 heteroatoms. The zero-order valence-corrected chi connectivity index (χ0v) is 13.0. The Morgan fingerprint density at radius 2 is 2.00 bits per heavy atom. The molecule has 4 nitrogen and oxygen atoms in total. The Hall–Kier alpha value is -1.22. The van der Waals surface area contributed by atoms with Gasteiger partial charge in [0.2, 0.25) is 0 Å². The fraction of sp³-hybridized carbons (Fsp3) is 0.533. The highest BCUT2D eigenvalue weighted by Crippen LogP contribution is 2.15. The van der Waals surface area contributed by atoms with Crippen molar-refractivity contribution in [3.8, 4) is 11.8 Å². The second-order valence-electron chi connectivity index (χ2n) is 4.66. The van der Waals surface area contributed by atoms with Gasteiger partial charge in [0, 0.05) is 17.8 Å². The molecule has 0 bridgehead atoms. The third kappa shape index (κ3) is 5.41. The molecule has 2 N–H and O–H groups in total. The van der Waals surface area contributed by atoms with Crippen LogP contribution in [0, 0.1) is 11.3 Å². The Morgan fingerprint density at radius 1 is 1.35 bits per heavy atom. The number of nitriles is 1. The Labute approximate surface area is 125 Å². The Morgan fingerprint density at radius 3 is 2.50 bits per heavy atom. The predicted molar refractivity (Wildman–Crippen MR) is 82.8 cm³/mol. The molecule has 0 saturated carbocycles. The summed E-state index contributed by atoms with van der Waals surface area (Å²) in [6, 6.07) is 9.97. The summed E-state index contributed by atoms with van der Waals surface area (Å²) in [5.41, 5.74) is 1.15. The molecule has 1 aromatic carbocycles. The van der Waals surface area contributed by atoms with Crippen molar-refractivity contribution in [2.24, 2.45) is 0 Å². The number of nitrogens with zero attached hydrogens (tertiary/aromatic N) is 1. The molecule has 0 aliphatic rings. The minimum atomic E-state index is -0.439. The lowest BCUT2D eigenvalue weighted by Crippen LogP contribution is -2.37. The van der Waals surface area contributed by atoms with E-state index in [2.05, 4.69) is 12.2 Å². The molecule has 1 aromatic rings. The normalized spacial score (nSPS) is 15.2. The molecule has 0 aliphatic carbocycles. The van der Waals surface area contributed by atoms with Crippen molar-refractivity contribution >= 4 is 11.8 Å². The maximum absolute atomic E-state index is 9.23. The highest BCUT2D eigenvalue weighted by atomic mass is 32.2. The standard InChI is InChI=1S/C15H22N2O2S/c1-11(8-16)19-14-6-4-13(5-7-14)9-17-12(2)15(10-18)20-3/h4-7,11-12,15,17-18H,9-10H2,1-3H3. The van der Waals surface area contributed by atoms with Gasteiger partial charge < -0.3 is 15.2 Å². The van der Waals surface area contributed by atoms with Gasteiger partial charge in [-0.25, -0.2) is 0 Å². The molecule has 3 atom stereocenters. The molecule has 0 aromatic heterocycles. The molecule has 0 radical (unpaired) electrons. The van der Waals surface area contributed by atoms with E-state index in [9.17, 15) is 5.11 Å². The summed E-state index contributed by atoms with van der Waals surface area (Å²) in [4.78, 5) is 0. The molecule has 0 aliphatic heterocycles. The summed E-state index contributed by atoms with van der Waals surface area (Å²) in [6.07, 6.45) is 1.56. The topological polar surface area (TPSA) is 65.3 Å². The molecule has 3 unspecified atom stereocenters. The average Bonchev–Trinajstić information content (AvgIpc) is 2.47. The van der Waals surface area contributed by atoms with Crippen molar-refractivity contribution in [1.82, 2.24) is 5.32 Å². The van der Waals surface area contributed by atoms with Crippen LogP contribution in [-0.4, -0.2) is 35.4 Å². The number of ether oxygens (including phenoxy) is 1. The monoisotopic (exact) mass is 294 g/mol. The molecule has 0 saturated heterocycles. The van der Waals surface area contributed by atoms with Crippen molar-refractivity contribution < 1.29 is 9.84 Å². The molecule has 0 spiro atoms. The van der Waals surface area contributed by atoms with Crippen LogP contribution in [0.2, 0.25) is 0 Å². The largest absolute Gasteiger partial charge is 0.476 e. The molecular formula is C15H22N2O2S. The minimum absolute atomic E-state index is 0.175. The number of thioether (sulfide) groups is 1. The first-order valence-corrected chi connectivity index (χ1v) is 7.91. The van der Waals surface area contributed by atoms with Crippen molar-refractivity contribution in [3.05, 3.63) is 29.8 Å². The van der Waals surface area contributed by atoms with Gasteiger partial charge in [-0.3, -0.25) is 0 Å². The number of hydrogen-bond acceptors (Lipinski definition) is 5. The average molecular weight is 294 g/mol. The molecule has 20 heavy (non-hydrogen) atoms. The summed E-state index contributed by atoms with van der Waals surface area (Å²) in [5, 5.41) is 21.5. The summed E-state index contributed by atoms with van der Waals surface area (Å²) >= 11 is 1.66. The van der Waals surface area contributed by atoms with Gasteiger partial charge in [0.05, 0.1) is 6.61 Å². The lowest BCUT2D eigenvalue weighted by Gasteiger charge is -2.21. The molecule has 1 rings (SSSR count). The van der Waals surface area contributed by atoms with E-state index < -0.39 is 6.10 Å². The van der Waals surface area contributed by atoms with Crippen LogP contribution < -0.4 is 10.1 Å². The van der Waals surface area contributed by atoms with Crippen LogP contribution in [0.5, 0.6) is 5.75 Å². The molecule has 0 heterocycles. The van der Waals surface area contributed by atoms with E-state index in [0.717, 1.165) is 12.1 Å². The van der Waals surface area contributed by atoms with E-state index in [1.807, 2.05) is 36.6 Å². The lowest BCUT2D eigenvalue weighted by molar-refractivity contribution is 0.275. The predicted octanol–water partition coefficient (Wildman–Crippen LogP) is 2.18. The maximum atomic E-state index is 9.23. The van der Waals surface area contributed by atoms with Gasteiger partial charge in [0.1, 0.15) is 11.8 Å². The first-order valence-electron chi connectivity index (χ1n) is 6.63. The fourth-order valence-electron chi connectivity index (χ4n) is 1.76. The summed E-state index contributed by atoms with van der Waals surface area (Å²) in [7, 11) is 0. The minimum Gasteiger partial charge on any atom is -0.476 e. The van der Waals surface area contributed by atoms with Crippen LogP contribution in [0.3, 0.4) is 0 Å². The summed E-state index contributed by atoms with van der Waals surface area (Å²) in [6.45, 7) is 4.71. The zero-order chi connectivity index (χ0) is 15.0. The molecule has 0 amide bonds. The third-order valence-corrected chi connectivity index (χ3v) is 4.25.